The predicted octanol–water partition coefficient (Wildman–Crippen LogP) is 4.19. The number of aromatic nitrogens is 2. The Kier molecular flexibility index (Phi) is 6.80. The summed E-state index contributed by atoms with van der Waals surface area (Å²) in [5.41, 5.74) is 0. The number of benzene rings is 1. The van der Waals surface area contributed by atoms with Crippen molar-refractivity contribution in [3.63, 3.8) is 0 Å². The maximum atomic E-state index is 12.5. The van der Waals surface area contributed by atoms with Crippen LogP contribution in [0.25, 0.3) is 0 Å². The van der Waals surface area contributed by atoms with E-state index in [9.17, 15) is 4.79 Å². The number of carbonyl (C=O) groups excluding carboxylic acids is 1. The van der Waals surface area contributed by atoms with E-state index in [2.05, 4.69) is 17.1 Å². The van der Waals surface area contributed by atoms with Gasteiger partial charge in [-0.25, -0.2) is 0 Å². The van der Waals surface area contributed by atoms with Crippen molar-refractivity contribution in [1.82, 2.24) is 15.1 Å². The molecule has 1 saturated heterocycles. The van der Waals surface area contributed by atoms with E-state index in [1.807, 2.05) is 4.90 Å². The van der Waals surface area contributed by atoms with Gasteiger partial charge in [0, 0.05) is 17.6 Å². The number of nitrogens with zero attached hydrogens (tertiary/aromatic N) is 3. The SMILES string of the molecule is CCC1CCCCN1C(=O)CSc1nnc(COc2ccc(Cl)cc2)o1. The Morgan fingerprint density at radius 1 is 1.35 bits per heavy atom. The molecule has 1 aliphatic heterocycles. The quantitative estimate of drug-likeness (QED) is 0.655. The molecule has 2 aromatic rings. The van der Waals surface area contributed by atoms with Crippen LogP contribution in [-0.2, 0) is 11.4 Å². The minimum atomic E-state index is 0.138. The number of hydrogen-bond acceptors (Lipinski definition) is 6. The van der Waals surface area contributed by atoms with Crippen LogP contribution in [0.1, 0.15) is 38.5 Å². The van der Waals surface area contributed by atoms with Gasteiger partial charge in [0.05, 0.1) is 5.75 Å². The van der Waals surface area contributed by atoms with Crippen LogP contribution in [0.15, 0.2) is 33.9 Å². The minimum Gasteiger partial charge on any atom is -0.484 e. The third-order valence-corrected chi connectivity index (χ3v) is 5.42. The molecule has 0 saturated carbocycles. The second kappa shape index (κ2) is 9.28. The van der Waals surface area contributed by atoms with Crippen molar-refractivity contribution >= 4 is 29.3 Å². The van der Waals surface area contributed by atoms with Crippen LogP contribution in [0.3, 0.4) is 0 Å². The maximum Gasteiger partial charge on any atom is 0.277 e. The molecular formula is C18H22ClN3O3S. The van der Waals surface area contributed by atoms with Gasteiger partial charge >= 0.3 is 0 Å². The monoisotopic (exact) mass is 395 g/mol. The highest BCUT2D eigenvalue weighted by atomic mass is 35.5. The van der Waals surface area contributed by atoms with E-state index in [0.717, 1.165) is 25.8 Å². The highest BCUT2D eigenvalue weighted by Crippen LogP contribution is 2.23. The normalized spacial score (nSPS) is 17.3. The summed E-state index contributed by atoms with van der Waals surface area (Å²) in [7, 11) is 0. The van der Waals surface area contributed by atoms with Crippen LogP contribution in [0.5, 0.6) is 5.75 Å². The van der Waals surface area contributed by atoms with Gasteiger partial charge in [0.2, 0.25) is 5.91 Å². The molecule has 8 heteroatoms. The molecule has 0 bridgehead atoms. The fourth-order valence-electron chi connectivity index (χ4n) is 2.99. The van der Waals surface area contributed by atoms with Crippen LogP contribution in [-0.4, -0.2) is 39.3 Å². The Morgan fingerprint density at radius 2 is 2.15 bits per heavy atom. The molecule has 1 atom stereocenters. The van der Waals surface area contributed by atoms with Crippen molar-refractivity contribution in [2.75, 3.05) is 12.3 Å². The molecular weight excluding hydrogens is 374 g/mol. The Labute approximate surface area is 162 Å². The van der Waals surface area contributed by atoms with E-state index in [-0.39, 0.29) is 12.5 Å². The summed E-state index contributed by atoms with van der Waals surface area (Å²) in [5.74, 6) is 1.50. The standard InChI is InChI=1S/C18H22ClN3O3S/c1-2-14-5-3-4-10-22(14)17(23)12-26-18-21-20-16(25-18)11-24-15-8-6-13(19)7-9-15/h6-9,14H,2-5,10-12H2,1H3. The molecule has 1 aromatic heterocycles. The van der Waals surface area contributed by atoms with Crippen molar-refractivity contribution in [1.29, 1.82) is 0 Å². The average molecular weight is 396 g/mol. The number of likely N-dealkylation sites (tertiary alicyclic amines) is 1. The first-order valence-corrected chi connectivity index (χ1v) is 10.1. The average Bonchev–Trinajstić information content (AvgIpc) is 3.13. The zero-order chi connectivity index (χ0) is 18.4. The molecule has 1 amide bonds. The van der Waals surface area contributed by atoms with Crippen LogP contribution in [0, 0.1) is 0 Å². The van der Waals surface area contributed by atoms with Gasteiger partial charge in [-0.1, -0.05) is 30.3 Å². The fraction of sp³-hybridized carbons (Fsp3) is 0.500. The Bertz CT molecular complexity index is 723. The summed E-state index contributed by atoms with van der Waals surface area (Å²) in [5, 5.41) is 8.97. The number of amides is 1. The van der Waals surface area contributed by atoms with E-state index >= 15 is 0 Å². The highest BCUT2D eigenvalue weighted by Gasteiger charge is 2.25. The van der Waals surface area contributed by atoms with Crippen LogP contribution >= 0.6 is 23.4 Å². The van der Waals surface area contributed by atoms with Crippen LogP contribution in [0.4, 0.5) is 0 Å². The number of rotatable bonds is 7. The lowest BCUT2D eigenvalue weighted by molar-refractivity contribution is -0.132. The number of ether oxygens (including phenoxy) is 1. The summed E-state index contributed by atoms with van der Waals surface area (Å²) in [6.07, 6.45) is 4.39. The largest absolute Gasteiger partial charge is 0.484 e. The van der Waals surface area contributed by atoms with Gasteiger partial charge in [-0.05, 0) is 49.9 Å². The summed E-state index contributed by atoms with van der Waals surface area (Å²) in [6, 6.07) is 7.41. The van der Waals surface area contributed by atoms with Crippen molar-refractivity contribution in [3.8, 4) is 5.75 Å². The lowest BCUT2D eigenvalue weighted by atomic mass is 10.0. The van der Waals surface area contributed by atoms with E-state index in [1.165, 1.54) is 18.2 Å². The zero-order valence-electron chi connectivity index (χ0n) is 14.7. The second-order valence-electron chi connectivity index (χ2n) is 6.14. The molecule has 1 unspecified atom stereocenters. The van der Waals surface area contributed by atoms with Gasteiger partial charge in [-0.3, -0.25) is 4.79 Å². The van der Waals surface area contributed by atoms with Crippen molar-refractivity contribution < 1.29 is 13.9 Å². The summed E-state index contributed by atoms with van der Waals surface area (Å²) in [4.78, 5) is 14.5. The van der Waals surface area contributed by atoms with E-state index in [1.54, 1.807) is 24.3 Å². The topological polar surface area (TPSA) is 68.5 Å². The van der Waals surface area contributed by atoms with Crippen molar-refractivity contribution in [2.45, 2.75) is 50.5 Å². The lowest BCUT2D eigenvalue weighted by Crippen LogP contribution is -2.44. The van der Waals surface area contributed by atoms with E-state index in [0.29, 0.717) is 33.7 Å². The maximum absolute atomic E-state index is 12.5. The van der Waals surface area contributed by atoms with Gasteiger partial charge < -0.3 is 14.1 Å². The van der Waals surface area contributed by atoms with Gasteiger partial charge in [-0.2, -0.15) is 0 Å². The smallest absolute Gasteiger partial charge is 0.277 e. The Morgan fingerprint density at radius 3 is 2.92 bits per heavy atom. The van der Waals surface area contributed by atoms with Crippen molar-refractivity contribution in [3.05, 3.63) is 35.2 Å². The number of piperidine rings is 1. The van der Waals surface area contributed by atoms with Crippen LogP contribution < -0.4 is 4.74 Å². The summed E-state index contributed by atoms with van der Waals surface area (Å²) in [6.45, 7) is 3.16. The molecule has 0 spiro atoms. The van der Waals surface area contributed by atoms with E-state index < -0.39 is 0 Å². The number of hydrogen-bond donors (Lipinski definition) is 0. The number of carbonyl (C=O) groups is 1. The van der Waals surface area contributed by atoms with Gasteiger partial charge in [0.25, 0.3) is 11.1 Å². The third-order valence-electron chi connectivity index (χ3n) is 4.36. The molecule has 0 N–H and O–H groups in total. The fourth-order valence-corrected chi connectivity index (χ4v) is 3.78. The molecule has 26 heavy (non-hydrogen) atoms. The van der Waals surface area contributed by atoms with Gasteiger partial charge in [0.1, 0.15) is 5.75 Å². The molecule has 2 heterocycles. The first-order valence-electron chi connectivity index (χ1n) is 8.78. The molecule has 1 aromatic carbocycles. The van der Waals surface area contributed by atoms with Crippen molar-refractivity contribution in [2.24, 2.45) is 0 Å². The Hall–Kier alpha value is -1.73. The lowest BCUT2D eigenvalue weighted by Gasteiger charge is -2.35. The van der Waals surface area contributed by atoms with E-state index in [4.69, 9.17) is 20.8 Å². The Balaban J connectivity index is 1.47. The van der Waals surface area contributed by atoms with Gasteiger partial charge in [-0.15, -0.1) is 10.2 Å². The number of thioether (sulfide) groups is 1. The van der Waals surface area contributed by atoms with Gasteiger partial charge in [0.15, 0.2) is 6.61 Å². The molecule has 3 rings (SSSR count). The zero-order valence-corrected chi connectivity index (χ0v) is 16.3. The summed E-state index contributed by atoms with van der Waals surface area (Å²) < 4.78 is 11.1. The number of halogens is 1. The molecule has 6 nitrogen and oxygen atoms in total. The molecule has 0 aliphatic carbocycles. The molecule has 0 radical (unpaired) electrons. The minimum absolute atomic E-state index is 0.138. The molecule has 140 valence electrons. The highest BCUT2D eigenvalue weighted by molar-refractivity contribution is 7.99. The predicted molar refractivity (Wildman–Crippen MR) is 100 cm³/mol. The molecule has 1 aliphatic rings. The first-order chi connectivity index (χ1) is 12.7. The second-order valence-corrected chi connectivity index (χ2v) is 7.50. The van der Waals surface area contributed by atoms with Crippen LogP contribution in [0.2, 0.25) is 5.02 Å². The molecule has 1 fully saturated rings. The first kappa shape index (κ1) is 19.0. The summed E-state index contributed by atoms with van der Waals surface area (Å²) >= 11 is 7.11. The third kappa shape index (κ3) is 5.14.